The summed E-state index contributed by atoms with van der Waals surface area (Å²) < 4.78 is 104. The van der Waals surface area contributed by atoms with Crippen LogP contribution in [0.1, 0.15) is 100 Å². The molecular formula is C53H59ClF5LiN7O5. The van der Waals surface area contributed by atoms with E-state index in [0.717, 1.165) is 34.9 Å². The zero-order valence-electron chi connectivity index (χ0n) is 41.8. The van der Waals surface area contributed by atoms with E-state index in [2.05, 4.69) is 4.90 Å². The zero-order valence-corrected chi connectivity index (χ0v) is 42.6. The molecule has 7 aliphatic heterocycles. The number of allylic oxidation sites excluding steroid dienone is 6. The maximum atomic E-state index is 18.0. The molecular weight excluding hydrogens is 952 g/mol. The number of benzene rings is 2. The number of aliphatic imine (C=N–C) groups is 1. The van der Waals surface area contributed by atoms with Crippen LogP contribution in [0.25, 0.3) is 5.57 Å². The number of hydrogen-bond donors (Lipinski definition) is 0. The van der Waals surface area contributed by atoms with E-state index >= 15 is 22.0 Å². The van der Waals surface area contributed by atoms with Gasteiger partial charge in [0.2, 0.25) is 5.88 Å². The Morgan fingerprint density at radius 2 is 1.61 bits per heavy atom. The number of aryl methyl sites for hydroxylation is 1. The number of alkyl halides is 4. The molecule has 4 fully saturated rings. The van der Waals surface area contributed by atoms with Crippen molar-refractivity contribution >= 4 is 53.8 Å². The van der Waals surface area contributed by atoms with E-state index in [9.17, 15) is 4.79 Å². The van der Waals surface area contributed by atoms with Crippen LogP contribution in [0, 0.1) is 12.8 Å². The molecule has 11 rings (SSSR count). The molecule has 0 spiro atoms. The van der Waals surface area contributed by atoms with Gasteiger partial charge in [0.25, 0.3) is 0 Å². The fraction of sp³-hybridized carbons (Fsp3) is 0.491. The van der Waals surface area contributed by atoms with Crippen molar-refractivity contribution in [3.8, 4) is 11.5 Å². The first-order chi connectivity index (χ1) is 33.9. The normalized spacial score (nSPS) is 23.9. The van der Waals surface area contributed by atoms with Gasteiger partial charge >= 0.3 is 12.3 Å². The second kappa shape index (κ2) is 19.9. The van der Waals surface area contributed by atoms with Crippen LogP contribution in [0.5, 0.6) is 11.5 Å². The smallest absolute Gasteiger partial charge is 0.429 e. The molecule has 1 aromatic heterocycles. The van der Waals surface area contributed by atoms with E-state index < -0.39 is 52.2 Å². The minimum Gasteiger partial charge on any atom is -0.497 e. The number of amides is 1. The average Bonchev–Trinajstić information content (AvgIpc) is 3.82. The Labute approximate surface area is 434 Å². The third kappa shape index (κ3) is 9.59. The van der Waals surface area contributed by atoms with Crippen LogP contribution < -0.4 is 14.4 Å². The van der Waals surface area contributed by atoms with E-state index in [1.165, 1.54) is 13.0 Å². The zero-order chi connectivity index (χ0) is 50.1. The molecule has 12 nitrogen and oxygen atoms in total. The Hall–Kier alpha value is -5.21. The maximum absolute atomic E-state index is 18.0. The number of methoxy groups -OCH3 is 2. The van der Waals surface area contributed by atoms with E-state index in [1.807, 2.05) is 54.9 Å². The number of pyridine rings is 1. The third-order valence-electron chi connectivity index (χ3n) is 14.8. The molecule has 19 heteroatoms. The van der Waals surface area contributed by atoms with Crippen LogP contribution in [0.4, 0.5) is 32.6 Å². The molecule has 3 aromatic rings. The second-order valence-electron chi connectivity index (χ2n) is 20.5. The predicted octanol–water partition coefficient (Wildman–Crippen LogP) is 11.2. The van der Waals surface area contributed by atoms with Crippen LogP contribution in [0.3, 0.4) is 0 Å². The van der Waals surface area contributed by atoms with Crippen LogP contribution in [0.15, 0.2) is 99.4 Å². The molecule has 0 unspecified atom stereocenters. The summed E-state index contributed by atoms with van der Waals surface area (Å²) >= 11 is 7.55. The molecule has 8 heterocycles. The van der Waals surface area contributed by atoms with E-state index in [0.29, 0.717) is 61.7 Å². The molecule has 0 saturated carbocycles. The Morgan fingerprint density at radius 3 is 2.24 bits per heavy atom. The third-order valence-corrected chi connectivity index (χ3v) is 15.2. The second-order valence-corrected chi connectivity index (χ2v) is 20.9. The van der Waals surface area contributed by atoms with Gasteiger partial charge in [0, 0.05) is 73.9 Å². The van der Waals surface area contributed by atoms with Gasteiger partial charge in [-0.05, 0) is 126 Å². The Morgan fingerprint density at radius 1 is 0.944 bits per heavy atom. The van der Waals surface area contributed by atoms with Gasteiger partial charge < -0.3 is 23.8 Å². The Bertz CT molecular complexity index is 2710. The van der Waals surface area contributed by atoms with Gasteiger partial charge in [0.1, 0.15) is 54.0 Å². The number of rotatable bonds is 11. The van der Waals surface area contributed by atoms with Crippen molar-refractivity contribution < 1.29 is 45.7 Å². The molecule has 1 aliphatic carbocycles. The SMILES string of the molecule is COc1ccc(CN(Cc2ccc(OC)cc2)c2cc(C)c(C(F)(F)F)c(C3=C(F)C=C(OC[C@@]45CCCN4C[C@H](F)C5)N4C5=NCN6C7=C5[C@@H](CCCC4=C3Cl)[C@H](CC7)N6C(=O)OC(C)(C)C)n2)cc1.[Li]. The van der Waals surface area contributed by atoms with Crippen LogP contribution in [-0.2, 0) is 28.7 Å². The number of nitrogens with zero attached hydrogens (tertiary/aromatic N) is 7. The Kier molecular flexibility index (Phi) is 14.3. The molecule has 379 valence electrons. The largest absolute Gasteiger partial charge is 0.497 e. The molecule has 1 amide bonds. The van der Waals surface area contributed by atoms with Gasteiger partial charge in [-0.15, -0.1) is 0 Å². The summed E-state index contributed by atoms with van der Waals surface area (Å²) in [5.74, 6) is 0.553. The van der Waals surface area contributed by atoms with Crippen LogP contribution in [-0.4, -0.2) is 120 Å². The van der Waals surface area contributed by atoms with Gasteiger partial charge in [0.05, 0.1) is 47.7 Å². The monoisotopic (exact) mass is 1010 g/mol. The maximum Gasteiger partial charge on any atom is 0.429 e. The molecule has 1 radical (unpaired) electrons. The van der Waals surface area contributed by atoms with Crippen molar-refractivity contribution in [1.29, 1.82) is 0 Å². The van der Waals surface area contributed by atoms with Crippen molar-refractivity contribution in [2.24, 2.45) is 10.9 Å². The number of hydrogen-bond acceptors (Lipinski definition) is 11. The fourth-order valence-electron chi connectivity index (χ4n) is 11.8. The van der Waals surface area contributed by atoms with Crippen molar-refractivity contribution in [2.45, 2.75) is 122 Å². The number of halogens is 6. The number of aromatic nitrogens is 1. The first-order valence-corrected chi connectivity index (χ1v) is 24.7. The molecule has 8 aliphatic rings. The van der Waals surface area contributed by atoms with Gasteiger partial charge in [-0.3, -0.25) is 14.8 Å². The van der Waals surface area contributed by atoms with E-state index in [1.54, 1.807) is 48.4 Å². The summed E-state index contributed by atoms with van der Waals surface area (Å²) in [7, 11) is 3.13. The number of carbonyl (C=O) groups is 1. The van der Waals surface area contributed by atoms with Gasteiger partial charge in [0.15, 0.2) is 0 Å². The van der Waals surface area contributed by atoms with Gasteiger partial charge in [-0.25, -0.2) is 28.6 Å². The number of amidine groups is 1. The van der Waals surface area contributed by atoms with Crippen molar-refractivity contribution in [3.05, 3.63) is 122 Å². The molecule has 4 saturated heterocycles. The number of anilines is 1. The molecule has 4 bridgehead atoms. The topological polar surface area (TPSA) is 95.4 Å². The van der Waals surface area contributed by atoms with E-state index in [-0.39, 0.29) is 98.9 Å². The minimum absolute atomic E-state index is 0. The predicted molar refractivity (Wildman–Crippen MR) is 265 cm³/mol. The first-order valence-electron chi connectivity index (χ1n) is 24.4. The summed E-state index contributed by atoms with van der Waals surface area (Å²) in [6.07, 6.45) is -1.17. The number of ether oxygens (including phenoxy) is 4. The van der Waals surface area contributed by atoms with Gasteiger partial charge in [-0.2, -0.15) is 13.2 Å². The van der Waals surface area contributed by atoms with Gasteiger partial charge in [-0.1, -0.05) is 35.9 Å². The summed E-state index contributed by atoms with van der Waals surface area (Å²) in [6.45, 7) is 8.20. The molecule has 2 aromatic carbocycles. The standard InChI is InChI=1S/C53H59ClF5N7O5.Li/c1-31-23-42(62(26-32-11-15-35(68-5)16-12-32)27-33-13-17-36(69-6)18-14-33)61-48(46(31)53(57,58)59)45-38(56)24-43(70-29-52-21-8-22-63(52)28-34(55)25-52)65-41(47(45)54)10-7-9-37-39-19-20-40-44(37)49(65)60-30-64(40)66(39)50(67)71-51(2,3)4;/h11-18,23-24,34,37,39H,7-10,19-22,25-30H2,1-6H3;/t34-,37+,39+,52+;/m1./s1. The molecule has 0 N–H and O–H groups in total. The van der Waals surface area contributed by atoms with E-state index in [4.69, 9.17) is 40.5 Å². The minimum atomic E-state index is -4.98. The molecule has 4 atom stereocenters. The summed E-state index contributed by atoms with van der Waals surface area (Å²) in [6, 6.07) is 15.8. The van der Waals surface area contributed by atoms with Crippen LogP contribution in [0.2, 0.25) is 0 Å². The summed E-state index contributed by atoms with van der Waals surface area (Å²) in [5, 5.41) is 3.27. The number of hydrazine groups is 1. The van der Waals surface area contributed by atoms with Crippen molar-refractivity contribution in [2.75, 3.05) is 45.5 Å². The van der Waals surface area contributed by atoms with Crippen LogP contribution >= 0.6 is 11.6 Å². The fourth-order valence-corrected chi connectivity index (χ4v) is 12.1. The quantitative estimate of drug-likeness (QED) is 0.136. The van der Waals surface area contributed by atoms with Crippen molar-refractivity contribution in [3.63, 3.8) is 0 Å². The first kappa shape index (κ1) is 51.7. The summed E-state index contributed by atoms with van der Waals surface area (Å²) in [5.41, 5.74) is -0.268. The average molecular weight is 1010 g/mol. The summed E-state index contributed by atoms with van der Waals surface area (Å²) in [4.78, 5) is 29.4. The molecule has 72 heavy (non-hydrogen) atoms. The Balaban J connectivity index is 0.00000640. The number of fused-ring (bicyclic) bond motifs is 4. The number of carbonyl (C=O) groups excluding carboxylic acids is 1. The van der Waals surface area contributed by atoms with Crippen molar-refractivity contribution in [1.82, 2.24) is 24.8 Å².